The highest BCUT2D eigenvalue weighted by atomic mass is 16.2. The molecule has 0 radical (unpaired) electrons. The van der Waals surface area contributed by atoms with Crippen LogP contribution in [0.2, 0.25) is 0 Å². The SMILES string of the molecule is O=C(c1cccc(-c2nc3ccccc3[nH]2)n1)N1CCC2(CC1)CCN(C(=O)c1cccc(C3Nc4ccccc4N3)n1)CC2. The van der Waals surface area contributed by atoms with Gasteiger partial charge in [0.05, 0.1) is 28.1 Å². The number of piperidine rings is 2. The zero-order valence-corrected chi connectivity index (χ0v) is 24.9. The Hall–Kier alpha value is -5.25. The van der Waals surface area contributed by atoms with Crippen LogP contribution in [0.1, 0.15) is 58.5 Å². The topological polar surface area (TPSA) is 119 Å². The smallest absolute Gasteiger partial charge is 0.272 e. The molecule has 10 heteroatoms. The largest absolute Gasteiger partial charge is 0.359 e. The first-order valence-electron chi connectivity index (χ1n) is 15.6. The molecule has 6 heterocycles. The van der Waals surface area contributed by atoms with E-state index in [1.807, 2.05) is 82.6 Å². The number of para-hydroxylation sites is 4. The predicted octanol–water partition coefficient (Wildman–Crippen LogP) is 5.71. The van der Waals surface area contributed by atoms with Gasteiger partial charge in [0.1, 0.15) is 23.2 Å². The number of nitrogens with one attached hydrogen (secondary N) is 3. The maximum Gasteiger partial charge on any atom is 0.272 e. The average Bonchev–Trinajstić information content (AvgIpc) is 3.74. The summed E-state index contributed by atoms with van der Waals surface area (Å²) in [5, 5.41) is 6.88. The van der Waals surface area contributed by atoms with Crippen molar-refractivity contribution >= 4 is 34.2 Å². The van der Waals surface area contributed by atoms with Crippen LogP contribution >= 0.6 is 0 Å². The number of hydrogen-bond donors (Lipinski definition) is 3. The molecule has 45 heavy (non-hydrogen) atoms. The van der Waals surface area contributed by atoms with Crippen molar-refractivity contribution in [3.63, 3.8) is 0 Å². The first kappa shape index (κ1) is 27.3. The number of rotatable bonds is 4. The van der Waals surface area contributed by atoms with E-state index in [4.69, 9.17) is 4.98 Å². The van der Waals surface area contributed by atoms with Gasteiger partial charge < -0.3 is 25.4 Å². The Kier molecular flexibility index (Phi) is 6.70. The fourth-order valence-corrected chi connectivity index (χ4v) is 6.91. The number of imidazole rings is 1. The van der Waals surface area contributed by atoms with E-state index in [9.17, 15) is 9.59 Å². The number of hydrogen-bond acceptors (Lipinski definition) is 7. The van der Waals surface area contributed by atoms with Gasteiger partial charge in [-0.05, 0) is 79.6 Å². The quantitative estimate of drug-likeness (QED) is 0.242. The van der Waals surface area contributed by atoms with Crippen LogP contribution in [0.5, 0.6) is 0 Å². The minimum absolute atomic E-state index is 0.0229. The molecule has 10 nitrogen and oxygen atoms in total. The number of amides is 2. The van der Waals surface area contributed by atoms with E-state index in [-0.39, 0.29) is 23.4 Å². The van der Waals surface area contributed by atoms with Crippen molar-refractivity contribution in [3.8, 4) is 11.5 Å². The molecule has 3 aliphatic rings. The fraction of sp³-hybridized carbons (Fsp3) is 0.286. The van der Waals surface area contributed by atoms with Crippen LogP contribution in [0.25, 0.3) is 22.6 Å². The standard InChI is InChI=1S/C35H34N8O2/c44-33(29-13-5-11-27(36-29)31-38-23-7-1-2-8-24(23)39-31)42-19-15-35(16-20-42)17-21-43(22-18-35)34(45)30-14-6-12-28(37-30)32-40-25-9-3-4-10-26(25)41-32/h1-14,31,38-39H,15-22H2,(H,40,41). The Bertz CT molecular complexity index is 1840. The summed E-state index contributed by atoms with van der Waals surface area (Å²) in [6, 6.07) is 27.1. The molecule has 1 spiro atoms. The highest BCUT2D eigenvalue weighted by Gasteiger charge is 2.40. The third kappa shape index (κ3) is 5.16. The summed E-state index contributed by atoms with van der Waals surface area (Å²) in [7, 11) is 0. The monoisotopic (exact) mass is 598 g/mol. The number of anilines is 2. The Labute approximate surface area is 260 Å². The second-order valence-corrected chi connectivity index (χ2v) is 12.3. The highest BCUT2D eigenvalue weighted by Crippen LogP contribution is 2.42. The second-order valence-electron chi connectivity index (χ2n) is 12.3. The summed E-state index contributed by atoms with van der Waals surface area (Å²) in [5.74, 6) is 0.588. The minimum Gasteiger partial charge on any atom is -0.359 e. The average molecular weight is 599 g/mol. The molecule has 0 aliphatic carbocycles. The van der Waals surface area contributed by atoms with Gasteiger partial charge in [0.15, 0.2) is 5.82 Å². The molecule has 0 unspecified atom stereocenters. The summed E-state index contributed by atoms with van der Waals surface area (Å²) in [5.41, 5.74) is 6.38. The number of nitrogens with zero attached hydrogens (tertiary/aromatic N) is 5. The Morgan fingerprint density at radius 2 is 1.22 bits per heavy atom. The predicted molar refractivity (Wildman–Crippen MR) is 173 cm³/mol. The van der Waals surface area contributed by atoms with Crippen LogP contribution in [0.3, 0.4) is 0 Å². The molecule has 0 atom stereocenters. The zero-order chi connectivity index (χ0) is 30.4. The molecule has 226 valence electrons. The first-order valence-corrected chi connectivity index (χ1v) is 15.6. The van der Waals surface area contributed by atoms with Gasteiger partial charge in [-0.15, -0.1) is 0 Å². The Balaban J connectivity index is 0.876. The lowest BCUT2D eigenvalue weighted by Gasteiger charge is -2.46. The lowest BCUT2D eigenvalue weighted by atomic mass is 9.71. The third-order valence-electron chi connectivity index (χ3n) is 9.64. The Morgan fingerprint density at radius 3 is 1.87 bits per heavy atom. The second kappa shape index (κ2) is 11.0. The molecular weight excluding hydrogens is 564 g/mol. The molecule has 0 bridgehead atoms. The summed E-state index contributed by atoms with van der Waals surface area (Å²) >= 11 is 0. The van der Waals surface area contributed by atoms with Gasteiger partial charge in [-0.1, -0.05) is 36.4 Å². The lowest BCUT2D eigenvalue weighted by molar-refractivity contribution is 0.0276. The van der Waals surface area contributed by atoms with E-state index >= 15 is 0 Å². The summed E-state index contributed by atoms with van der Waals surface area (Å²) in [6.45, 7) is 2.78. The van der Waals surface area contributed by atoms with Gasteiger partial charge in [-0.25, -0.2) is 15.0 Å². The van der Waals surface area contributed by atoms with Crippen LogP contribution < -0.4 is 10.6 Å². The van der Waals surface area contributed by atoms with Crippen molar-refractivity contribution in [1.82, 2.24) is 29.7 Å². The van der Waals surface area contributed by atoms with E-state index in [2.05, 4.69) is 25.6 Å². The van der Waals surface area contributed by atoms with Crippen LogP contribution in [0.4, 0.5) is 11.4 Å². The molecule has 3 aromatic heterocycles. The van der Waals surface area contributed by atoms with E-state index in [1.165, 1.54) is 0 Å². The van der Waals surface area contributed by atoms with Crippen molar-refractivity contribution in [2.75, 3.05) is 36.8 Å². The molecule has 2 amide bonds. The lowest BCUT2D eigenvalue weighted by Crippen LogP contribution is -2.49. The number of benzene rings is 2. The highest BCUT2D eigenvalue weighted by molar-refractivity contribution is 5.93. The fourth-order valence-electron chi connectivity index (χ4n) is 6.91. The third-order valence-corrected chi connectivity index (χ3v) is 9.64. The van der Waals surface area contributed by atoms with Gasteiger partial charge in [-0.2, -0.15) is 0 Å². The molecule has 5 aromatic rings. The number of aromatic nitrogens is 4. The van der Waals surface area contributed by atoms with E-state index in [0.717, 1.165) is 53.8 Å². The molecule has 2 saturated heterocycles. The molecule has 3 aliphatic heterocycles. The van der Waals surface area contributed by atoms with Gasteiger partial charge in [0.2, 0.25) is 0 Å². The number of carbonyl (C=O) groups is 2. The normalized spacial score (nSPS) is 17.6. The number of fused-ring (bicyclic) bond motifs is 2. The van der Waals surface area contributed by atoms with Crippen LogP contribution in [0.15, 0.2) is 84.9 Å². The van der Waals surface area contributed by atoms with E-state index in [1.54, 1.807) is 12.1 Å². The van der Waals surface area contributed by atoms with Crippen LogP contribution in [0, 0.1) is 5.41 Å². The summed E-state index contributed by atoms with van der Waals surface area (Å²) in [4.78, 5) is 48.2. The van der Waals surface area contributed by atoms with E-state index < -0.39 is 0 Å². The number of aromatic amines is 1. The number of carbonyl (C=O) groups excluding carboxylic acids is 2. The molecule has 3 N–H and O–H groups in total. The molecule has 0 saturated carbocycles. The maximum atomic E-state index is 13.5. The number of H-pyrrole nitrogens is 1. The van der Waals surface area contributed by atoms with Crippen LogP contribution in [-0.2, 0) is 0 Å². The molecule has 8 rings (SSSR count). The number of pyridine rings is 2. The number of likely N-dealkylation sites (tertiary alicyclic amines) is 2. The molecule has 2 aromatic carbocycles. The molecule has 2 fully saturated rings. The van der Waals surface area contributed by atoms with Gasteiger partial charge in [0.25, 0.3) is 11.8 Å². The van der Waals surface area contributed by atoms with Crippen molar-refractivity contribution < 1.29 is 9.59 Å². The van der Waals surface area contributed by atoms with Crippen molar-refractivity contribution in [1.29, 1.82) is 0 Å². The van der Waals surface area contributed by atoms with Gasteiger partial charge in [0, 0.05) is 26.2 Å². The first-order chi connectivity index (χ1) is 22.0. The van der Waals surface area contributed by atoms with Crippen molar-refractivity contribution in [2.24, 2.45) is 5.41 Å². The summed E-state index contributed by atoms with van der Waals surface area (Å²) < 4.78 is 0. The minimum atomic E-state index is -0.171. The summed E-state index contributed by atoms with van der Waals surface area (Å²) in [6.07, 6.45) is 3.55. The van der Waals surface area contributed by atoms with Gasteiger partial charge in [-0.3, -0.25) is 9.59 Å². The van der Waals surface area contributed by atoms with Crippen LogP contribution in [-0.4, -0.2) is 67.7 Å². The van der Waals surface area contributed by atoms with Gasteiger partial charge >= 0.3 is 0 Å². The van der Waals surface area contributed by atoms with Crippen molar-refractivity contribution in [2.45, 2.75) is 31.8 Å². The zero-order valence-electron chi connectivity index (χ0n) is 24.9. The van der Waals surface area contributed by atoms with Crippen molar-refractivity contribution in [3.05, 3.63) is 102 Å². The molecular formula is C35H34N8O2. The van der Waals surface area contributed by atoms with E-state index in [0.29, 0.717) is 49.1 Å². The Morgan fingerprint density at radius 1 is 0.644 bits per heavy atom. The maximum absolute atomic E-state index is 13.5.